The molecule has 1 aromatic heterocycles. The van der Waals surface area contributed by atoms with E-state index in [-0.39, 0.29) is 18.9 Å². The quantitative estimate of drug-likeness (QED) is 0.341. The molecule has 0 aliphatic heterocycles. The molecule has 9 nitrogen and oxygen atoms in total. The highest BCUT2D eigenvalue weighted by atomic mass is 16.5. The number of nitrogens with zero attached hydrogens (tertiary/aromatic N) is 1. The van der Waals surface area contributed by atoms with E-state index in [0.717, 1.165) is 22.2 Å². The van der Waals surface area contributed by atoms with Gasteiger partial charge in [-0.3, -0.25) is 9.59 Å². The summed E-state index contributed by atoms with van der Waals surface area (Å²) in [5.74, 6) is -1.53. The van der Waals surface area contributed by atoms with Gasteiger partial charge in [0.2, 0.25) is 5.91 Å². The second kappa shape index (κ2) is 11.4. The van der Waals surface area contributed by atoms with Gasteiger partial charge in [-0.2, -0.15) is 0 Å². The van der Waals surface area contributed by atoms with Crippen LogP contribution in [0, 0.1) is 5.41 Å². The van der Waals surface area contributed by atoms with Crippen LogP contribution >= 0.6 is 0 Å². The first-order chi connectivity index (χ1) is 15.2. The SMILES string of the molecule is CO[C@@H](Cc1c[nH]c2ccc(N(C)C)cc12)C(=O)N[C@@H](CCC(=O)C=N)C(=O)OC(C)C. The number of ketones is 1. The number of nitrogens with one attached hydrogen (secondary N) is 3. The number of Topliss-reactive ketones (excluding diaryl/α,β-unsaturated/α-hetero) is 1. The van der Waals surface area contributed by atoms with E-state index < -0.39 is 29.8 Å². The number of fused-ring (bicyclic) bond motifs is 1. The molecular weight excluding hydrogens is 412 g/mol. The minimum atomic E-state index is -1.00. The van der Waals surface area contributed by atoms with E-state index in [4.69, 9.17) is 14.9 Å². The number of hydrogen-bond acceptors (Lipinski definition) is 7. The fourth-order valence-electron chi connectivity index (χ4n) is 3.28. The van der Waals surface area contributed by atoms with Gasteiger partial charge >= 0.3 is 5.97 Å². The maximum atomic E-state index is 12.9. The summed E-state index contributed by atoms with van der Waals surface area (Å²) >= 11 is 0. The van der Waals surface area contributed by atoms with E-state index in [0.29, 0.717) is 12.6 Å². The van der Waals surface area contributed by atoms with Crippen molar-refractivity contribution in [2.75, 3.05) is 26.1 Å². The van der Waals surface area contributed by atoms with Gasteiger partial charge in [0.1, 0.15) is 12.1 Å². The van der Waals surface area contributed by atoms with Crippen LogP contribution in [0.15, 0.2) is 24.4 Å². The number of H-pyrrole nitrogens is 1. The lowest BCUT2D eigenvalue weighted by Gasteiger charge is -2.22. The molecule has 0 radical (unpaired) electrons. The minimum absolute atomic E-state index is 0.0429. The zero-order chi connectivity index (χ0) is 23.8. The van der Waals surface area contributed by atoms with Crippen molar-refractivity contribution in [1.82, 2.24) is 10.3 Å². The van der Waals surface area contributed by atoms with Gasteiger partial charge in [0.15, 0.2) is 5.78 Å². The number of ether oxygens (including phenoxy) is 2. The highest BCUT2D eigenvalue weighted by Crippen LogP contribution is 2.25. The fraction of sp³-hybridized carbons (Fsp3) is 0.478. The molecule has 1 heterocycles. The van der Waals surface area contributed by atoms with Crippen molar-refractivity contribution in [2.45, 2.75) is 51.4 Å². The van der Waals surface area contributed by atoms with Gasteiger partial charge < -0.3 is 30.1 Å². The average Bonchev–Trinajstić information content (AvgIpc) is 3.15. The molecule has 0 bridgehead atoms. The highest BCUT2D eigenvalue weighted by molar-refractivity contribution is 6.26. The van der Waals surface area contributed by atoms with Crippen LogP contribution in [-0.4, -0.2) is 68.3 Å². The van der Waals surface area contributed by atoms with Crippen molar-refractivity contribution in [2.24, 2.45) is 0 Å². The number of benzene rings is 1. The largest absolute Gasteiger partial charge is 0.461 e. The molecule has 32 heavy (non-hydrogen) atoms. The van der Waals surface area contributed by atoms with Crippen molar-refractivity contribution >= 4 is 40.5 Å². The Balaban J connectivity index is 2.17. The summed E-state index contributed by atoms with van der Waals surface area (Å²) in [4.78, 5) is 42.1. The molecule has 0 fully saturated rings. The van der Waals surface area contributed by atoms with Crippen LogP contribution < -0.4 is 10.2 Å². The number of aromatic nitrogens is 1. The van der Waals surface area contributed by atoms with E-state index in [9.17, 15) is 14.4 Å². The number of rotatable bonds is 12. The first kappa shape index (κ1) is 25.1. The lowest BCUT2D eigenvalue weighted by atomic mass is 10.0. The number of carbonyl (C=O) groups excluding carboxylic acids is 3. The molecule has 1 aromatic carbocycles. The molecule has 0 aliphatic carbocycles. The number of amides is 1. The summed E-state index contributed by atoms with van der Waals surface area (Å²) in [5.41, 5.74) is 2.89. The maximum absolute atomic E-state index is 12.9. The Labute approximate surface area is 188 Å². The molecular formula is C23H32N4O5. The average molecular weight is 445 g/mol. The van der Waals surface area contributed by atoms with Gasteiger partial charge in [-0.25, -0.2) is 4.79 Å². The Morgan fingerprint density at radius 2 is 1.97 bits per heavy atom. The zero-order valence-electron chi connectivity index (χ0n) is 19.2. The van der Waals surface area contributed by atoms with E-state index in [1.807, 2.05) is 43.4 Å². The molecule has 9 heteroatoms. The summed E-state index contributed by atoms with van der Waals surface area (Å²) in [7, 11) is 5.35. The number of hydrogen-bond donors (Lipinski definition) is 3. The highest BCUT2D eigenvalue weighted by Gasteiger charge is 2.28. The van der Waals surface area contributed by atoms with Crippen LogP contribution in [0.5, 0.6) is 0 Å². The van der Waals surface area contributed by atoms with Gasteiger partial charge in [-0.05, 0) is 44.0 Å². The van der Waals surface area contributed by atoms with E-state index in [1.165, 1.54) is 7.11 Å². The number of aromatic amines is 1. The van der Waals surface area contributed by atoms with E-state index in [2.05, 4.69) is 10.3 Å². The minimum Gasteiger partial charge on any atom is -0.461 e. The number of methoxy groups -OCH3 is 1. The van der Waals surface area contributed by atoms with Crippen molar-refractivity contribution in [3.8, 4) is 0 Å². The lowest BCUT2D eigenvalue weighted by molar-refractivity contribution is -0.152. The van der Waals surface area contributed by atoms with Gasteiger partial charge in [0.25, 0.3) is 0 Å². The topological polar surface area (TPSA) is 125 Å². The second-order valence-electron chi connectivity index (χ2n) is 8.06. The Morgan fingerprint density at radius 1 is 1.25 bits per heavy atom. The summed E-state index contributed by atoms with van der Waals surface area (Å²) in [6.07, 6.45) is 1.63. The number of anilines is 1. The Bertz CT molecular complexity index is 966. The Morgan fingerprint density at radius 3 is 2.56 bits per heavy atom. The second-order valence-corrected chi connectivity index (χ2v) is 8.06. The third-order valence-corrected chi connectivity index (χ3v) is 5.04. The molecule has 3 N–H and O–H groups in total. The zero-order valence-corrected chi connectivity index (χ0v) is 19.2. The van der Waals surface area contributed by atoms with Crippen molar-refractivity contribution < 1.29 is 23.9 Å². The lowest BCUT2D eigenvalue weighted by Crippen LogP contribution is -2.48. The monoisotopic (exact) mass is 444 g/mol. The van der Waals surface area contributed by atoms with Crippen LogP contribution in [0.1, 0.15) is 32.3 Å². The predicted octanol–water partition coefficient (Wildman–Crippen LogP) is 2.23. The summed E-state index contributed by atoms with van der Waals surface area (Å²) < 4.78 is 10.6. The van der Waals surface area contributed by atoms with Crippen molar-refractivity contribution in [3.05, 3.63) is 30.0 Å². The van der Waals surface area contributed by atoms with Crippen LogP contribution in [0.25, 0.3) is 10.9 Å². The third-order valence-electron chi connectivity index (χ3n) is 5.04. The van der Waals surface area contributed by atoms with E-state index in [1.54, 1.807) is 13.8 Å². The van der Waals surface area contributed by atoms with Gasteiger partial charge in [-0.15, -0.1) is 0 Å². The Kier molecular flexibility index (Phi) is 8.95. The molecule has 0 aliphatic rings. The van der Waals surface area contributed by atoms with Crippen LogP contribution in [0.2, 0.25) is 0 Å². The first-order valence-electron chi connectivity index (χ1n) is 10.5. The molecule has 174 valence electrons. The third kappa shape index (κ3) is 6.65. The van der Waals surface area contributed by atoms with Crippen LogP contribution in [0.4, 0.5) is 5.69 Å². The molecule has 0 unspecified atom stereocenters. The van der Waals surface area contributed by atoms with Crippen LogP contribution in [0.3, 0.4) is 0 Å². The predicted molar refractivity (Wildman–Crippen MR) is 123 cm³/mol. The maximum Gasteiger partial charge on any atom is 0.328 e. The van der Waals surface area contributed by atoms with Crippen LogP contribution in [-0.2, 0) is 30.3 Å². The molecule has 2 rings (SSSR count). The normalized spacial score (nSPS) is 12.9. The summed E-state index contributed by atoms with van der Waals surface area (Å²) in [6, 6.07) is 5.02. The fourth-order valence-corrected chi connectivity index (χ4v) is 3.28. The first-order valence-corrected chi connectivity index (χ1v) is 10.5. The van der Waals surface area contributed by atoms with Crippen molar-refractivity contribution in [1.29, 1.82) is 5.41 Å². The summed E-state index contributed by atoms with van der Waals surface area (Å²) in [5, 5.41) is 10.7. The molecule has 0 spiro atoms. The molecule has 0 saturated heterocycles. The Hall–Kier alpha value is -3.20. The molecule has 2 aromatic rings. The van der Waals surface area contributed by atoms with E-state index >= 15 is 0 Å². The standard InChI is InChI=1S/C23H32N4O5/c1-14(2)32-23(30)20(9-7-17(28)12-24)26-22(29)21(31-5)10-15-13-25-19-8-6-16(27(3)4)11-18(15)19/h6,8,11-14,20-21,24-25H,7,9-10H2,1-5H3,(H,26,29)/t20-,21-/m0/s1. The number of carbonyl (C=O) groups is 3. The smallest absolute Gasteiger partial charge is 0.328 e. The summed E-state index contributed by atoms with van der Waals surface area (Å²) in [6.45, 7) is 3.41. The molecule has 0 saturated carbocycles. The number of esters is 1. The van der Waals surface area contributed by atoms with Gasteiger partial charge in [-0.1, -0.05) is 0 Å². The molecule has 2 atom stereocenters. The molecule has 1 amide bonds. The van der Waals surface area contributed by atoms with Gasteiger partial charge in [0, 0.05) is 56.8 Å². The van der Waals surface area contributed by atoms with Crippen molar-refractivity contribution in [3.63, 3.8) is 0 Å². The van der Waals surface area contributed by atoms with Gasteiger partial charge in [0.05, 0.1) is 12.3 Å².